The molecule has 22 heavy (non-hydrogen) atoms. The maximum absolute atomic E-state index is 11.8. The van der Waals surface area contributed by atoms with Crippen molar-refractivity contribution in [2.75, 3.05) is 6.54 Å². The Bertz CT molecular complexity index is 609. The van der Waals surface area contributed by atoms with Crippen molar-refractivity contribution in [2.45, 2.75) is 32.5 Å². The molecule has 1 aromatic carbocycles. The molecular formula is C15H21N5O2. The Morgan fingerprint density at radius 1 is 1.32 bits per heavy atom. The van der Waals surface area contributed by atoms with Gasteiger partial charge < -0.3 is 20.3 Å². The highest BCUT2D eigenvalue weighted by atomic mass is 16.3. The second kappa shape index (κ2) is 7.04. The van der Waals surface area contributed by atoms with Crippen LogP contribution in [0.2, 0.25) is 0 Å². The minimum atomic E-state index is -1.12. The fourth-order valence-corrected chi connectivity index (χ4v) is 2.05. The van der Waals surface area contributed by atoms with E-state index < -0.39 is 5.60 Å². The molecule has 0 aliphatic heterocycles. The molecule has 118 valence electrons. The number of amides is 2. The minimum Gasteiger partial charge on any atom is -0.384 e. The normalized spacial score (nSPS) is 13.4. The number of rotatable bonds is 6. The monoisotopic (exact) mass is 303 g/mol. The summed E-state index contributed by atoms with van der Waals surface area (Å²) in [5, 5.41) is 23.5. The maximum Gasteiger partial charge on any atom is 0.315 e. The number of aryl methyl sites for hydroxylation is 1. The molecule has 2 aromatic rings. The minimum absolute atomic E-state index is 0.114. The highest BCUT2D eigenvalue weighted by molar-refractivity contribution is 5.73. The van der Waals surface area contributed by atoms with E-state index in [4.69, 9.17) is 0 Å². The van der Waals surface area contributed by atoms with Gasteiger partial charge in [0.25, 0.3) is 0 Å². The van der Waals surface area contributed by atoms with Crippen molar-refractivity contribution in [3.8, 4) is 0 Å². The van der Waals surface area contributed by atoms with Gasteiger partial charge in [-0.25, -0.2) is 4.79 Å². The third kappa shape index (κ3) is 4.05. The van der Waals surface area contributed by atoms with Gasteiger partial charge in [-0.2, -0.15) is 0 Å². The van der Waals surface area contributed by atoms with Crippen molar-refractivity contribution in [1.29, 1.82) is 0 Å². The van der Waals surface area contributed by atoms with E-state index in [2.05, 4.69) is 20.8 Å². The Labute approximate surface area is 129 Å². The Balaban J connectivity index is 1.83. The van der Waals surface area contributed by atoms with E-state index in [0.717, 1.165) is 12.1 Å². The third-order valence-corrected chi connectivity index (χ3v) is 3.43. The van der Waals surface area contributed by atoms with Crippen molar-refractivity contribution >= 4 is 6.03 Å². The Morgan fingerprint density at radius 3 is 2.73 bits per heavy atom. The zero-order valence-corrected chi connectivity index (χ0v) is 12.8. The molecule has 0 saturated heterocycles. The molecule has 0 spiro atoms. The lowest BCUT2D eigenvalue weighted by Gasteiger charge is -2.24. The number of nitrogens with one attached hydrogen (secondary N) is 2. The maximum atomic E-state index is 11.8. The van der Waals surface area contributed by atoms with Gasteiger partial charge in [-0.05, 0) is 19.4 Å². The molecule has 1 aromatic heterocycles. The molecule has 3 N–H and O–H groups in total. The van der Waals surface area contributed by atoms with Crippen molar-refractivity contribution in [3.05, 3.63) is 48.0 Å². The van der Waals surface area contributed by atoms with E-state index in [9.17, 15) is 9.90 Å². The number of hydrogen-bond acceptors (Lipinski definition) is 4. The predicted molar refractivity (Wildman–Crippen MR) is 81.9 cm³/mol. The van der Waals surface area contributed by atoms with Gasteiger partial charge in [0.15, 0.2) is 5.82 Å². The summed E-state index contributed by atoms with van der Waals surface area (Å²) in [4.78, 5) is 11.8. The summed E-state index contributed by atoms with van der Waals surface area (Å²) < 4.78 is 1.85. The Morgan fingerprint density at radius 2 is 2.05 bits per heavy atom. The highest BCUT2D eigenvalue weighted by Crippen LogP contribution is 2.18. The molecular weight excluding hydrogens is 282 g/mol. The van der Waals surface area contributed by atoms with Crippen LogP contribution in [-0.2, 0) is 18.7 Å². The summed E-state index contributed by atoms with van der Waals surface area (Å²) in [6, 6.07) is 8.86. The van der Waals surface area contributed by atoms with Gasteiger partial charge in [-0.3, -0.25) is 0 Å². The van der Waals surface area contributed by atoms with Crippen LogP contribution in [0.1, 0.15) is 25.2 Å². The molecule has 1 atom stereocenters. The number of carbonyl (C=O) groups excluding carboxylic acids is 1. The lowest BCUT2D eigenvalue weighted by Crippen LogP contribution is -2.43. The summed E-state index contributed by atoms with van der Waals surface area (Å²) in [6.07, 6.45) is 1.62. The number of aliphatic hydroxyl groups is 1. The van der Waals surface area contributed by atoms with Crippen molar-refractivity contribution in [3.63, 3.8) is 0 Å². The van der Waals surface area contributed by atoms with Gasteiger partial charge >= 0.3 is 6.03 Å². The van der Waals surface area contributed by atoms with E-state index in [1.807, 2.05) is 41.8 Å². The topological polar surface area (TPSA) is 92.1 Å². The van der Waals surface area contributed by atoms with E-state index in [1.54, 1.807) is 13.3 Å². The second-order valence-electron chi connectivity index (χ2n) is 5.21. The number of urea groups is 1. The van der Waals surface area contributed by atoms with Crippen LogP contribution < -0.4 is 10.6 Å². The molecule has 0 bridgehead atoms. The fraction of sp³-hybridized carbons (Fsp3) is 0.400. The summed E-state index contributed by atoms with van der Waals surface area (Å²) in [5.74, 6) is 0.687. The zero-order chi connectivity index (χ0) is 16.0. The molecule has 0 aliphatic carbocycles. The standard InChI is InChI=1S/C15H21N5O2/c1-3-20-11-18-19-13(20)9-16-14(21)17-10-15(2,22)12-7-5-4-6-8-12/h4-8,11,22H,3,9-10H2,1-2H3,(H2,16,17,21). The molecule has 7 heteroatoms. The van der Waals surface area contributed by atoms with Crippen LogP contribution in [0.15, 0.2) is 36.7 Å². The first-order valence-corrected chi connectivity index (χ1v) is 7.19. The molecule has 1 heterocycles. The predicted octanol–water partition coefficient (Wildman–Crippen LogP) is 1.00. The van der Waals surface area contributed by atoms with Crippen LogP contribution >= 0.6 is 0 Å². The van der Waals surface area contributed by atoms with Crippen LogP contribution in [0.25, 0.3) is 0 Å². The first-order chi connectivity index (χ1) is 10.5. The molecule has 2 rings (SSSR count). The molecule has 2 amide bonds. The van der Waals surface area contributed by atoms with Crippen LogP contribution in [0.5, 0.6) is 0 Å². The van der Waals surface area contributed by atoms with E-state index in [1.165, 1.54) is 0 Å². The number of nitrogens with zero attached hydrogens (tertiary/aromatic N) is 3. The molecule has 0 fully saturated rings. The van der Waals surface area contributed by atoms with Crippen LogP contribution in [0.3, 0.4) is 0 Å². The van der Waals surface area contributed by atoms with E-state index in [0.29, 0.717) is 5.82 Å². The van der Waals surface area contributed by atoms with Crippen LogP contribution in [0, 0.1) is 0 Å². The van der Waals surface area contributed by atoms with Crippen LogP contribution in [0.4, 0.5) is 4.79 Å². The highest BCUT2D eigenvalue weighted by Gasteiger charge is 2.23. The second-order valence-corrected chi connectivity index (χ2v) is 5.21. The fourth-order valence-electron chi connectivity index (χ4n) is 2.05. The average molecular weight is 303 g/mol. The van der Waals surface area contributed by atoms with Gasteiger partial charge in [0.1, 0.15) is 11.9 Å². The quantitative estimate of drug-likeness (QED) is 0.742. The zero-order valence-electron chi connectivity index (χ0n) is 12.8. The van der Waals surface area contributed by atoms with Crippen LogP contribution in [-0.4, -0.2) is 32.4 Å². The smallest absolute Gasteiger partial charge is 0.315 e. The SMILES string of the molecule is CCn1cnnc1CNC(=O)NCC(C)(O)c1ccccc1. The lowest BCUT2D eigenvalue weighted by molar-refractivity contribution is 0.0594. The number of benzene rings is 1. The first kappa shape index (κ1) is 16.0. The third-order valence-electron chi connectivity index (χ3n) is 3.43. The summed E-state index contributed by atoms with van der Waals surface area (Å²) in [7, 11) is 0. The van der Waals surface area contributed by atoms with Gasteiger partial charge in [0, 0.05) is 6.54 Å². The average Bonchev–Trinajstić information content (AvgIpc) is 2.99. The Hall–Kier alpha value is -2.41. The van der Waals surface area contributed by atoms with Gasteiger partial charge in [0.05, 0.1) is 13.1 Å². The summed E-state index contributed by atoms with van der Waals surface area (Å²) in [5.41, 5.74) is -0.372. The molecule has 0 saturated carbocycles. The summed E-state index contributed by atoms with van der Waals surface area (Å²) >= 11 is 0. The van der Waals surface area contributed by atoms with E-state index in [-0.39, 0.29) is 19.1 Å². The largest absolute Gasteiger partial charge is 0.384 e. The molecule has 7 nitrogen and oxygen atoms in total. The molecule has 0 aliphatic rings. The van der Waals surface area contributed by atoms with Crippen molar-refractivity contribution < 1.29 is 9.90 Å². The van der Waals surface area contributed by atoms with Crippen molar-refractivity contribution in [2.24, 2.45) is 0 Å². The lowest BCUT2D eigenvalue weighted by atomic mass is 9.96. The van der Waals surface area contributed by atoms with Gasteiger partial charge in [0.2, 0.25) is 0 Å². The molecule has 0 radical (unpaired) electrons. The Kier molecular flexibility index (Phi) is 5.11. The summed E-state index contributed by atoms with van der Waals surface area (Å²) in [6.45, 7) is 4.78. The van der Waals surface area contributed by atoms with Crippen molar-refractivity contribution in [1.82, 2.24) is 25.4 Å². The number of aromatic nitrogens is 3. The first-order valence-electron chi connectivity index (χ1n) is 7.19. The van der Waals surface area contributed by atoms with E-state index >= 15 is 0 Å². The van der Waals surface area contributed by atoms with Gasteiger partial charge in [-0.1, -0.05) is 30.3 Å². The molecule has 1 unspecified atom stereocenters. The number of carbonyl (C=O) groups is 1. The van der Waals surface area contributed by atoms with Gasteiger partial charge in [-0.15, -0.1) is 10.2 Å². The number of hydrogen-bond donors (Lipinski definition) is 3.